The van der Waals surface area contributed by atoms with Gasteiger partial charge in [-0.25, -0.2) is 0 Å². The first-order valence-electron chi connectivity index (χ1n) is 7.36. The molecule has 1 aliphatic heterocycles. The molecule has 0 radical (unpaired) electrons. The number of hydrogen-bond acceptors (Lipinski definition) is 4. The summed E-state index contributed by atoms with van der Waals surface area (Å²) in [5.74, 6) is 0.744. The van der Waals surface area contributed by atoms with Gasteiger partial charge < -0.3 is 9.47 Å². The van der Waals surface area contributed by atoms with Gasteiger partial charge in [0.2, 0.25) is 6.29 Å². The predicted octanol–water partition coefficient (Wildman–Crippen LogP) is 2.56. The van der Waals surface area contributed by atoms with Crippen LogP contribution in [0.25, 0.3) is 0 Å². The second kappa shape index (κ2) is 6.16. The summed E-state index contributed by atoms with van der Waals surface area (Å²) < 4.78 is 44.8. The van der Waals surface area contributed by atoms with Gasteiger partial charge in [-0.15, -0.1) is 0 Å². The Bertz CT molecular complexity index is 641. The van der Waals surface area contributed by atoms with E-state index in [4.69, 9.17) is 14.0 Å². The van der Waals surface area contributed by atoms with E-state index in [1.165, 1.54) is 0 Å². The molecule has 1 aliphatic rings. The Hall–Kier alpha value is -1.15. The van der Waals surface area contributed by atoms with Crippen molar-refractivity contribution in [3.05, 3.63) is 29.3 Å². The fraction of sp³-hybridized carbons (Fsp3) is 0.600. The normalized spacial score (nSPS) is 21.2. The molecule has 0 bridgehead atoms. The second-order valence-corrected chi connectivity index (χ2v) is 7.12. The van der Waals surface area contributed by atoms with Gasteiger partial charge in [-0.05, 0) is 44.9 Å². The number of benzene rings is 1. The van der Waals surface area contributed by atoms with Gasteiger partial charge in [0.1, 0.15) is 5.75 Å². The second-order valence-electron chi connectivity index (χ2n) is 5.94. The summed E-state index contributed by atoms with van der Waals surface area (Å²) in [7, 11) is -4.25. The SMILES string of the molecule is CCOC1Oc2ccc(C(CC)NS(=O)(=O)O)cc2C1(C)C. The minimum atomic E-state index is -4.25. The lowest BCUT2D eigenvalue weighted by Crippen LogP contribution is -2.34. The van der Waals surface area contributed by atoms with Gasteiger partial charge in [-0.2, -0.15) is 13.1 Å². The minimum absolute atomic E-state index is 0.336. The summed E-state index contributed by atoms with van der Waals surface area (Å²) in [6.07, 6.45) is 0.159. The monoisotopic (exact) mass is 329 g/mol. The molecule has 2 N–H and O–H groups in total. The van der Waals surface area contributed by atoms with Gasteiger partial charge in [0.25, 0.3) is 0 Å². The minimum Gasteiger partial charge on any atom is -0.464 e. The standard InChI is InChI=1S/C15H23NO5S/c1-5-12(16-22(17,18)19)10-7-8-13-11(9-10)15(3,4)14(21-13)20-6-2/h7-9,12,14,16H,5-6H2,1-4H3,(H,17,18,19). The molecule has 1 aromatic rings. The molecule has 0 fully saturated rings. The van der Waals surface area contributed by atoms with Crippen LogP contribution in [0, 0.1) is 0 Å². The van der Waals surface area contributed by atoms with Crippen molar-refractivity contribution >= 4 is 10.3 Å². The maximum Gasteiger partial charge on any atom is 0.333 e. The lowest BCUT2D eigenvalue weighted by atomic mass is 9.84. The van der Waals surface area contributed by atoms with E-state index in [9.17, 15) is 8.42 Å². The van der Waals surface area contributed by atoms with Crippen molar-refractivity contribution in [1.82, 2.24) is 4.72 Å². The smallest absolute Gasteiger partial charge is 0.333 e. The predicted molar refractivity (Wildman–Crippen MR) is 83.2 cm³/mol. The van der Waals surface area contributed by atoms with E-state index in [0.717, 1.165) is 16.9 Å². The molecular weight excluding hydrogens is 306 g/mol. The Morgan fingerprint density at radius 1 is 1.41 bits per heavy atom. The highest BCUT2D eigenvalue weighted by molar-refractivity contribution is 7.83. The zero-order chi connectivity index (χ0) is 16.5. The van der Waals surface area contributed by atoms with Gasteiger partial charge in [-0.1, -0.05) is 13.0 Å². The number of hydrogen-bond donors (Lipinski definition) is 2. The van der Waals surface area contributed by atoms with E-state index in [2.05, 4.69) is 4.72 Å². The van der Waals surface area contributed by atoms with Crippen LogP contribution in [-0.2, 0) is 20.5 Å². The molecule has 2 atom stereocenters. The number of nitrogens with one attached hydrogen (secondary N) is 1. The van der Waals surface area contributed by atoms with Crippen molar-refractivity contribution in [3.63, 3.8) is 0 Å². The van der Waals surface area contributed by atoms with Crippen LogP contribution in [0.4, 0.5) is 0 Å². The van der Waals surface area contributed by atoms with Gasteiger partial charge in [0.05, 0.1) is 5.41 Å². The van der Waals surface area contributed by atoms with Gasteiger partial charge in [-0.3, -0.25) is 4.55 Å². The third-order valence-electron chi connectivity index (χ3n) is 3.94. The molecule has 0 aromatic heterocycles. The van der Waals surface area contributed by atoms with E-state index in [1.807, 2.05) is 39.8 Å². The third-order valence-corrected chi connectivity index (χ3v) is 4.52. The highest BCUT2D eigenvalue weighted by atomic mass is 32.2. The summed E-state index contributed by atoms with van der Waals surface area (Å²) >= 11 is 0. The molecule has 22 heavy (non-hydrogen) atoms. The van der Waals surface area contributed by atoms with Crippen LogP contribution in [0.5, 0.6) is 5.75 Å². The van der Waals surface area contributed by atoms with Crippen LogP contribution in [-0.4, -0.2) is 25.9 Å². The van der Waals surface area contributed by atoms with Crippen molar-refractivity contribution in [1.29, 1.82) is 0 Å². The number of ether oxygens (including phenoxy) is 2. The summed E-state index contributed by atoms with van der Waals surface area (Å²) in [6.45, 7) is 8.37. The molecule has 0 amide bonds. The molecule has 2 unspecified atom stereocenters. The van der Waals surface area contributed by atoms with E-state index < -0.39 is 16.3 Å². The van der Waals surface area contributed by atoms with Crippen molar-refractivity contribution in [2.45, 2.75) is 51.9 Å². The zero-order valence-electron chi connectivity index (χ0n) is 13.3. The Kier molecular flexibility index (Phi) is 4.81. The molecule has 124 valence electrons. The van der Waals surface area contributed by atoms with Gasteiger partial charge in [0, 0.05) is 18.2 Å². The van der Waals surface area contributed by atoms with Crippen molar-refractivity contribution in [2.24, 2.45) is 0 Å². The summed E-state index contributed by atoms with van der Waals surface area (Å²) in [4.78, 5) is 0. The number of rotatable bonds is 6. The van der Waals surface area contributed by atoms with Crippen molar-refractivity contribution in [2.75, 3.05) is 6.61 Å². The fourth-order valence-electron chi connectivity index (χ4n) is 2.72. The van der Waals surface area contributed by atoms with Gasteiger partial charge >= 0.3 is 10.3 Å². The van der Waals surface area contributed by atoms with Crippen LogP contribution < -0.4 is 9.46 Å². The van der Waals surface area contributed by atoms with Crippen LogP contribution in [0.1, 0.15) is 51.3 Å². The molecule has 0 saturated carbocycles. The van der Waals surface area contributed by atoms with Gasteiger partial charge in [0.15, 0.2) is 0 Å². The van der Waals surface area contributed by atoms with Crippen LogP contribution in [0.3, 0.4) is 0 Å². The summed E-state index contributed by atoms with van der Waals surface area (Å²) in [6, 6.07) is 5.05. The molecule has 6 nitrogen and oxygen atoms in total. The summed E-state index contributed by atoms with van der Waals surface area (Å²) in [5, 5.41) is 0. The first-order chi connectivity index (χ1) is 10.2. The van der Waals surface area contributed by atoms with Crippen molar-refractivity contribution in [3.8, 4) is 5.75 Å². The maximum absolute atomic E-state index is 11.1. The Labute approximate surface area is 131 Å². The van der Waals surface area contributed by atoms with Crippen LogP contribution >= 0.6 is 0 Å². The average Bonchev–Trinajstić information content (AvgIpc) is 2.67. The molecule has 1 aromatic carbocycles. The first-order valence-corrected chi connectivity index (χ1v) is 8.80. The maximum atomic E-state index is 11.1. The van der Waals surface area contributed by atoms with E-state index in [1.54, 1.807) is 6.07 Å². The zero-order valence-corrected chi connectivity index (χ0v) is 14.1. The quantitative estimate of drug-likeness (QED) is 0.784. The molecule has 0 aliphatic carbocycles. The molecule has 0 saturated heterocycles. The van der Waals surface area contributed by atoms with E-state index in [0.29, 0.717) is 13.0 Å². The molecule has 2 rings (SSSR count). The van der Waals surface area contributed by atoms with E-state index in [-0.39, 0.29) is 11.7 Å². The first kappa shape index (κ1) is 17.2. The third kappa shape index (κ3) is 3.43. The highest BCUT2D eigenvalue weighted by Crippen LogP contribution is 2.44. The Morgan fingerprint density at radius 3 is 2.64 bits per heavy atom. The topological polar surface area (TPSA) is 84.9 Å². The summed E-state index contributed by atoms with van der Waals surface area (Å²) in [5.41, 5.74) is 1.42. The largest absolute Gasteiger partial charge is 0.464 e. The number of fused-ring (bicyclic) bond motifs is 1. The average molecular weight is 329 g/mol. The fourth-order valence-corrected chi connectivity index (χ4v) is 3.38. The van der Waals surface area contributed by atoms with Crippen molar-refractivity contribution < 1.29 is 22.4 Å². The molecule has 7 heteroatoms. The lowest BCUT2D eigenvalue weighted by Gasteiger charge is -2.25. The Morgan fingerprint density at radius 2 is 2.09 bits per heavy atom. The highest BCUT2D eigenvalue weighted by Gasteiger charge is 2.42. The molecule has 1 heterocycles. The van der Waals surface area contributed by atoms with E-state index >= 15 is 0 Å². The van der Waals surface area contributed by atoms with Crippen LogP contribution in [0.15, 0.2) is 18.2 Å². The molecular formula is C15H23NO5S. The van der Waals surface area contributed by atoms with Crippen LogP contribution in [0.2, 0.25) is 0 Å². The Balaban J connectivity index is 2.35. The lowest BCUT2D eigenvalue weighted by molar-refractivity contribution is -0.0981. The molecule has 0 spiro atoms.